The second-order valence-electron chi connectivity index (χ2n) is 4.00. The molecule has 1 aliphatic heterocycles. The van der Waals surface area contributed by atoms with Crippen LogP contribution in [-0.4, -0.2) is 32.0 Å². The minimum atomic E-state index is -0.815. The fraction of sp³-hybridized carbons (Fsp3) is 1.00. The van der Waals surface area contributed by atoms with Gasteiger partial charge in [-0.3, -0.25) is 0 Å². The summed E-state index contributed by atoms with van der Waals surface area (Å²) in [4.78, 5) is 0. The van der Waals surface area contributed by atoms with E-state index in [9.17, 15) is 4.39 Å². The molecule has 12 heavy (non-hydrogen) atoms. The molecule has 0 radical (unpaired) electrons. The van der Waals surface area contributed by atoms with Crippen LogP contribution in [0.1, 0.15) is 20.3 Å². The van der Waals surface area contributed by atoms with Gasteiger partial charge in [0.2, 0.25) is 0 Å². The molecule has 0 aromatic rings. The summed E-state index contributed by atoms with van der Waals surface area (Å²) in [5.74, 6) is 0.0763. The molecule has 0 bridgehead atoms. The third-order valence-electron chi connectivity index (χ3n) is 2.71. The first kappa shape index (κ1) is 9.93. The van der Waals surface area contributed by atoms with Gasteiger partial charge in [-0.05, 0) is 27.3 Å². The van der Waals surface area contributed by atoms with Crippen molar-refractivity contribution in [1.29, 1.82) is 0 Å². The van der Waals surface area contributed by atoms with Crippen LogP contribution >= 0.6 is 0 Å². The summed E-state index contributed by atoms with van der Waals surface area (Å²) < 4.78 is 18.9. The minimum Gasteiger partial charge on any atom is -0.381 e. The van der Waals surface area contributed by atoms with Gasteiger partial charge in [-0.2, -0.15) is 0 Å². The van der Waals surface area contributed by atoms with E-state index in [1.165, 1.54) is 0 Å². The van der Waals surface area contributed by atoms with Crippen LogP contribution in [-0.2, 0) is 4.74 Å². The molecule has 1 saturated heterocycles. The van der Waals surface area contributed by atoms with Gasteiger partial charge < -0.3 is 10.1 Å². The highest BCUT2D eigenvalue weighted by molar-refractivity contribution is 4.90. The molecule has 1 aliphatic rings. The molecule has 2 unspecified atom stereocenters. The zero-order valence-corrected chi connectivity index (χ0v) is 8.06. The highest BCUT2D eigenvalue weighted by Gasteiger charge is 2.36. The summed E-state index contributed by atoms with van der Waals surface area (Å²) in [6, 6.07) is 0. The quantitative estimate of drug-likeness (QED) is 0.699. The van der Waals surface area contributed by atoms with Crippen molar-refractivity contribution in [3.63, 3.8) is 0 Å². The van der Waals surface area contributed by atoms with E-state index in [-0.39, 0.29) is 5.92 Å². The molecule has 1 heterocycles. The molecule has 0 aliphatic carbocycles. The lowest BCUT2D eigenvalue weighted by molar-refractivity contribution is 0.102. The maximum Gasteiger partial charge on any atom is 0.123 e. The van der Waals surface area contributed by atoms with Crippen LogP contribution in [0.25, 0.3) is 0 Å². The molecular weight excluding hydrogens is 157 g/mol. The van der Waals surface area contributed by atoms with Crippen LogP contribution in [0.2, 0.25) is 0 Å². The van der Waals surface area contributed by atoms with Crippen LogP contribution in [0.5, 0.6) is 0 Å². The lowest BCUT2D eigenvalue weighted by Crippen LogP contribution is -2.48. The number of alkyl halides is 1. The number of hydrogen-bond acceptors (Lipinski definition) is 2. The normalized spacial score (nSPS) is 27.5. The van der Waals surface area contributed by atoms with Crippen molar-refractivity contribution in [3.05, 3.63) is 0 Å². The summed E-state index contributed by atoms with van der Waals surface area (Å²) in [6.07, 6.45) is 0.0386. The zero-order valence-electron chi connectivity index (χ0n) is 8.06. The Balaban J connectivity index is 2.50. The first-order valence-electron chi connectivity index (χ1n) is 4.48. The number of hydrogen-bond donors (Lipinski definition) is 1. The number of ether oxygens (including phenoxy) is 1. The molecule has 0 saturated carbocycles. The number of rotatable bonds is 3. The van der Waals surface area contributed by atoms with Crippen molar-refractivity contribution in [2.75, 3.05) is 20.3 Å². The molecule has 2 nitrogen and oxygen atoms in total. The third kappa shape index (κ3) is 1.96. The molecule has 3 heteroatoms. The summed E-state index contributed by atoms with van der Waals surface area (Å²) in [5, 5.41) is 2.99. The fourth-order valence-corrected chi connectivity index (χ4v) is 1.51. The Morgan fingerprint density at radius 2 is 2.25 bits per heavy atom. The van der Waals surface area contributed by atoms with E-state index in [0.717, 1.165) is 6.42 Å². The smallest absolute Gasteiger partial charge is 0.123 e. The van der Waals surface area contributed by atoms with Crippen molar-refractivity contribution in [2.45, 2.75) is 32.0 Å². The maximum absolute atomic E-state index is 13.7. The van der Waals surface area contributed by atoms with Crippen molar-refractivity contribution < 1.29 is 9.13 Å². The van der Waals surface area contributed by atoms with Crippen LogP contribution in [0.4, 0.5) is 4.39 Å². The Kier molecular flexibility index (Phi) is 3.07. The van der Waals surface area contributed by atoms with Crippen molar-refractivity contribution in [1.82, 2.24) is 5.32 Å². The highest BCUT2D eigenvalue weighted by Crippen LogP contribution is 2.26. The van der Waals surface area contributed by atoms with Gasteiger partial charge in [0.1, 0.15) is 6.17 Å². The molecule has 0 aromatic heterocycles. The average Bonchev–Trinajstić information content (AvgIpc) is 2.55. The van der Waals surface area contributed by atoms with Crippen LogP contribution < -0.4 is 5.32 Å². The molecule has 0 amide bonds. The molecule has 72 valence electrons. The highest BCUT2D eigenvalue weighted by atomic mass is 19.1. The van der Waals surface area contributed by atoms with Gasteiger partial charge >= 0.3 is 0 Å². The Labute approximate surface area is 73.5 Å². The van der Waals surface area contributed by atoms with Crippen molar-refractivity contribution >= 4 is 0 Å². The minimum absolute atomic E-state index is 0.0763. The lowest BCUT2D eigenvalue weighted by Gasteiger charge is -2.31. The Morgan fingerprint density at radius 1 is 1.58 bits per heavy atom. The Hall–Kier alpha value is -0.150. The van der Waals surface area contributed by atoms with Gasteiger partial charge in [-0.1, -0.05) is 0 Å². The van der Waals surface area contributed by atoms with E-state index < -0.39 is 11.7 Å². The predicted molar refractivity (Wildman–Crippen MR) is 47.0 cm³/mol. The fourth-order valence-electron chi connectivity index (χ4n) is 1.51. The molecule has 1 N–H and O–H groups in total. The summed E-state index contributed by atoms with van der Waals surface area (Å²) in [7, 11) is 1.79. The Morgan fingerprint density at radius 3 is 2.67 bits per heavy atom. The van der Waals surface area contributed by atoms with Crippen LogP contribution in [0, 0.1) is 5.92 Å². The average molecular weight is 175 g/mol. The molecular formula is C9H18FNO. The van der Waals surface area contributed by atoms with E-state index in [1.54, 1.807) is 7.05 Å². The first-order valence-corrected chi connectivity index (χ1v) is 4.48. The van der Waals surface area contributed by atoms with Crippen molar-refractivity contribution in [3.8, 4) is 0 Å². The number of halogens is 1. The summed E-state index contributed by atoms with van der Waals surface area (Å²) in [6.45, 7) is 5.06. The van der Waals surface area contributed by atoms with Gasteiger partial charge in [0.05, 0.1) is 6.61 Å². The molecule has 0 spiro atoms. The van der Waals surface area contributed by atoms with Gasteiger partial charge in [0.25, 0.3) is 0 Å². The van der Waals surface area contributed by atoms with Crippen LogP contribution in [0.15, 0.2) is 0 Å². The second-order valence-corrected chi connectivity index (χ2v) is 4.00. The third-order valence-corrected chi connectivity index (χ3v) is 2.71. The van der Waals surface area contributed by atoms with E-state index in [4.69, 9.17) is 4.74 Å². The second kappa shape index (κ2) is 3.71. The largest absolute Gasteiger partial charge is 0.381 e. The summed E-state index contributed by atoms with van der Waals surface area (Å²) >= 11 is 0. The molecule has 0 aromatic carbocycles. The maximum atomic E-state index is 13.7. The number of nitrogens with one attached hydrogen (secondary N) is 1. The van der Waals surface area contributed by atoms with E-state index in [2.05, 4.69) is 5.32 Å². The van der Waals surface area contributed by atoms with E-state index >= 15 is 0 Å². The SMILES string of the molecule is CNC(C)(C)C(F)C1CCOC1. The van der Waals surface area contributed by atoms with Crippen LogP contribution in [0.3, 0.4) is 0 Å². The first-order chi connectivity index (χ1) is 5.58. The Bertz CT molecular complexity index is 143. The standard InChI is InChI=1S/C9H18FNO/c1-9(2,11-3)8(10)7-4-5-12-6-7/h7-8,11H,4-6H2,1-3H3. The topological polar surface area (TPSA) is 21.3 Å². The summed E-state index contributed by atoms with van der Waals surface area (Å²) in [5.41, 5.74) is -0.432. The van der Waals surface area contributed by atoms with Gasteiger partial charge in [0.15, 0.2) is 0 Å². The molecule has 1 fully saturated rings. The van der Waals surface area contributed by atoms with Gasteiger partial charge in [0, 0.05) is 18.1 Å². The van der Waals surface area contributed by atoms with Crippen molar-refractivity contribution in [2.24, 2.45) is 5.92 Å². The monoisotopic (exact) mass is 175 g/mol. The van der Waals surface area contributed by atoms with E-state index in [1.807, 2.05) is 13.8 Å². The molecule has 2 atom stereocenters. The lowest BCUT2D eigenvalue weighted by atomic mass is 9.88. The molecule has 1 rings (SSSR count). The van der Waals surface area contributed by atoms with Gasteiger partial charge in [-0.25, -0.2) is 4.39 Å². The van der Waals surface area contributed by atoms with Gasteiger partial charge in [-0.15, -0.1) is 0 Å². The zero-order chi connectivity index (χ0) is 9.19. The van der Waals surface area contributed by atoms with E-state index in [0.29, 0.717) is 13.2 Å². The predicted octanol–water partition coefficient (Wildman–Crippen LogP) is 1.36.